The van der Waals surface area contributed by atoms with E-state index < -0.39 is 11.8 Å². The average molecular weight is 250 g/mol. The second-order valence-electron chi connectivity index (χ2n) is 3.74. The van der Waals surface area contributed by atoms with Gasteiger partial charge in [0.25, 0.3) is 0 Å². The van der Waals surface area contributed by atoms with E-state index in [1.165, 1.54) is 6.07 Å². The van der Waals surface area contributed by atoms with Crippen LogP contribution in [0.15, 0.2) is 28.8 Å². The molecule has 0 amide bonds. The highest BCUT2D eigenvalue weighted by atomic mass is 19.1. The summed E-state index contributed by atoms with van der Waals surface area (Å²) in [6.07, 6.45) is 0.0210. The number of aromatic nitrogens is 1. The van der Waals surface area contributed by atoms with Crippen LogP contribution in [0.3, 0.4) is 0 Å². The van der Waals surface area contributed by atoms with Gasteiger partial charge in [-0.25, -0.2) is 4.39 Å². The first kappa shape index (κ1) is 12.1. The Hall–Kier alpha value is -2.37. The molecular weight excluding hydrogens is 239 g/mol. The van der Waals surface area contributed by atoms with Gasteiger partial charge in [0, 0.05) is 12.0 Å². The average Bonchev–Trinajstić information content (AvgIpc) is 2.69. The lowest BCUT2D eigenvalue weighted by molar-refractivity contribution is -0.136. The molecule has 94 valence electrons. The molecule has 0 bridgehead atoms. The molecule has 0 fully saturated rings. The first-order chi connectivity index (χ1) is 8.59. The third-order valence-corrected chi connectivity index (χ3v) is 2.51. The number of hydrogen-bond donors (Lipinski definition) is 2. The van der Waals surface area contributed by atoms with Gasteiger partial charge in [0.05, 0.1) is 17.7 Å². The molecular formula is C12H11FN2O3. The van der Waals surface area contributed by atoms with E-state index in [2.05, 4.69) is 5.16 Å². The Morgan fingerprint density at radius 2 is 2.17 bits per heavy atom. The van der Waals surface area contributed by atoms with Gasteiger partial charge in [0.2, 0.25) is 5.88 Å². The number of benzene rings is 1. The van der Waals surface area contributed by atoms with E-state index in [1.54, 1.807) is 18.2 Å². The minimum atomic E-state index is -0.962. The Labute approximate surface area is 102 Å². The molecule has 2 aromatic rings. The number of hydrogen-bond acceptors (Lipinski definition) is 4. The zero-order chi connectivity index (χ0) is 13.1. The molecule has 1 aromatic carbocycles. The smallest absolute Gasteiger partial charge is 0.303 e. The molecule has 3 N–H and O–H groups in total. The van der Waals surface area contributed by atoms with Crippen LogP contribution in [0.25, 0.3) is 11.1 Å². The molecule has 0 aliphatic heterocycles. The number of aryl methyl sites for hydroxylation is 1. The fourth-order valence-corrected chi connectivity index (χ4v) is 1.69. The number of aliphatic carboxylic acids is 1. The molecule has 0 aliphatic carbocycles. The summed E-state index contributed by atoms with van der Waals surface area (Å²) < 4.78 is 18.5. The van der Waals surface area contributed by atoms with Crippen molar-refractivity contribution in [1.29, 1.82) is 0 Å². The highest BCUT2D eigenvalue weighted by molar-refractivity contribution is 5.76. The van der Waals surface area contributed by atoms with Gasteiger partial charge in [-0.3, -0.25) is 4.79 Å². The zero-order valence-electron chi connectivity index (χ0n) is 9.39. The third-order valence-electron chi connectivity index (χ3n) is 2.51. The van der Waals surface area contributed by atoms with Crippen LogP contribution in [0.1, 0.15) is 12.1 Å². The summed E-state index contributed by atoms with van der Waals surface area (Å²) in [5.74, 6) is -1.43. The van der Waals surface area contributed by atoms with Gasteiger partial charge in [-0.05, 0) is 6.07 Å². The van der Waals surface area contributed by atoms with Gasteiger partial charge in [0.15, 0.2) is 0 Å². The van der Waals surface area contributed by atoms with Crippen molar-refractivity contribution in [2.75, 3.05) is 5.73 Å². The minimum Gasteiger partial charge on any atom is -0.481 e. The topological polar surface area (TPSA) is 89.4 Å². The lowest BCUT2D eigenvalue weighted by Gasteiger charge is -2.02. The van der Waals surface area contributed by atoms with Crippen LogP contribution in [-0.4, -0.2) is 16.2 Å². The molecule has 2 rings (SSSR count). The van der Waals surface area contributed by atoms with E-state index in [0.717, 1.165) is 0 Å². The maximum absolute atomic E-state index is 13.7. The highest BCUT2D eigenvalue weighted by Gasteiger charge is 2.18. The Morgan fingerprint density at radius 3 is 2.83 bits per heavy atom. The highest BCUT2D eigenvalue weighted by Crippen LogP contribution is 2.32. The van der Waals surface area contributed by atoms with Crippen molar-refractivity contribution in [2.24, 2.45) is 0 Å². The quantitative estimate of drug-likeness (QED) is 0.867. The number of nitrogens with zero attached hydrogens (tertiary/aromatic N) is 1. The van der Waals surface area contributed by atoms with Crippen molar-refractivity contribution in [3.05, 3.63) is 35.8 Å². The lowest BCUT2D eigenvalue weighted by atomic mass is 10.0. The number of nitrogens with two attached hydrogens (primary N) is 1. The van der Waals surface area contributed by atoms with Crippen LogP contribution in [0.5, 0.6) is 0 Å². The van der Waals surface area contributed by atoms with E-state index >= 15 is 0 Å². The van der Waals surface area contributed by atoms with Gasteiger partial charge in [-0.1, -0.05) is 23.4 Å². The van der Waals surface area contributed by atoms with Crippen molar-refractivity contribution in [3.63, 3.8) is 0 Å². The van der Waals surface area contributed by atoms with Crippen molar-refractivity contribution in [3.8, 4) is 11.1 Å². The largest absolute Gasteiger partial charge is 0.481 e. The van der Waals surface area contributed by atoms with Gasteiger partial charge >= 0.3 is 5.97 Å². The van der Waals surface area contributed by atoms with Crippen LogP contribution in [0.2, 0.25) is 0 Å². The molecule has 5 nitrogen and oxygen atoms in total. The summed E-state index contributed by atoms with van der Waals surface area (Å²) >= 11 is 0. The third kappa shape index (κ3) is 2.32. The van der Waals surface area contributed by atoms with Crippen LogP contribution in [-0.2, 0) is 11.2 Å². The van der Waals surface area contributed by atoms with Crippen molar-refractivity contribution >= 4 is 11.9 Å². The molecule has 0 saturated carbocycles. The number of halogens is 1. The standard InChI is InChI=1S/C12H11FN2O3/c13-8-4-2-1-3-7(8)11-9(5-6-10(16)17)15-18-12(11)14/h1-4H,5-6,14H2,(H,16,17). The Kier molecular flexibility index (Phi) is 3.27. The van der Waals surface area contributed by atoms with Crippen molar-refractivity contribution in [2.45, 2.75) is 12.8 Å². The molecule has 1 heterocycles. The Bertz CT molecular complexity index is 580. The zero-order valence-corrected chi connectivity index (χ0v) is 9.39. The molecule has 6 heteroatoms. The molecule has 0 saturated heterocycles. The van der Waals surface area contributed by atoms with Gasteiger partial charge in [-0.15, -0.1) is 0 Å². The van der Waals surface area contributed by atoms with Gasteiger partial charge in [0.1, 0.15) is 5.82 Å². The maximum atomic E-state index is 13.7. The van der Waals surface area contributed by atoms with Crippen LogP contribution in [0, 0.1) is 5.82 Å². The molecule has 0 atom stereocenters. The number of anilines is 1. The molecule has 18 heavy (non-hydrogen) atoms. The van der Waals surface area contributed by atoms with E-state index in [1.807, 2.05) is 0 Å². The van der Waals surface area contributed by atoms with Crippen LogP contribution in [0.4, 0.5) is 10.3 Å². The van der Waals surface area contributed by atoms with E-state index in [-0.39, 0.29) is 24.3 Å². The lowest BCUT2D eigenvalue weighted by Crippen LogP contribution is -1.99. The summed E-state index contributed by atoms with van der Waals surface area (Å²) in [6, 6.07) is 6.05. The predicted octanol–water partition coefficient (Wildman–Crippen LogP) is 2.08. The van der Waals surface area contributed by atoms with E-state index in [4.69, 9.17) is 15.4 Å². The Balaban J connectivity index is 2.41. The van der Waals surface area contributed by atoms with E-state index in [9.17, 15) is 9.18 Å². The number of rotatable bonds is 4. The van der Waals surface area contributed by atoms with Crippen LogP contribution < -0.4 is 5.73 Å². The molecule has 0 aliphatic rings. The number of nitrogen functional groups attached to an aromatic ring is 1. The number of carbonyl (C=O) groups is 1. The summed E-state index contributed by atoms with van der Waals surface area (Å²) in [5.41, 5.74) is 6.54. The van der Waals surface area contributed by atoms with Crippen molar-refractivity contribution < 1.29 is 18.8 Å². The SMILES string of the molecule is Nc1onc(CCC(=O)O)c1-c1ccccc1F. The van der Waals surface area contributed by atoms with Crippen molar-refractivity contribution in [1.82, 2.24) is 5.16 Å². The predicted molar refractivity (Wildman–Crippen MR) is 62.3 cm³/mol. The minimum absolute atomic E-state index is 0.0134. The summed E-state index contributed by atoms with van der Waals surface area (Å²) in [4.78, 5) is 10.5. The molecule has 0 spiro atoms. The second kappa shape index (κ2) is 4.87. The molecule has 0 radical (unpaired) electrons. The molecule has 0 unspecified atom stereocenters. The number of carboxylic acids is 1. The summed E-state index contributed by atoms with van der Waals surface area (Å²) in [7, 11) is 0. The molecule has 1 aromatic heterocycles. The monoisotopic (exact) mass is 250 g/mol. The summed E-state index contributed by atoms with van der Waals surface area (Å²) in [5, 5.41) is 12.3. The fraction of sp³-hybridized carbons (Fsp3) is 0.167. The second-order valence-corrected chi connectivity index (χ2v) is 3.74. The van der Waals surface area contributed by atoms with E-state index in [0.29, 0.717) is 11.3 Å². The van der Waals surface area contributed by atoms with Gasteiger partial charge < -0.3 is 15.4 Å². The maximum Gasteiger partial charge on any atom is 0.303 e. The first-order valence-corrected chi connectivity index (χ1v) is 5.30. The van der Waals surface area contributed by atoms with Crippen LogP contribution >= 0.6 is 0 Å². The Morgan fingerprint density at radius 1 is 1.44 bits per heavy atom. The number of carboxylic acid groups (broad SMARTS) is 1. The fourth-order valence-electron chi connectivity index (χ4n) is 1.69. The summed E-state index contributed by atoms with van der Waals surface area (Å²) in [6.45, 7) is 0. The normalized spacial score (nSPS) is 10.5. The van der Waals surface area contributed by atoms with Gasteiger partial charge in [-0.2, -0.15) is 0 Å². The first-order valence-electron chi connectivity index (χ1n) is 5.30.